The van der Waals surface area contributed by atoms with Crippen LogP contribution in [0.2, 0.25) is 0 Å². The molecule has 1 aliphatic rings. The molecule has 2 aromatic heterocycles. The smallest absolute Gasteiger partial charge is 0.274 e. The van der Waals surface area contributed by atoms with Crippen LogP contribution in [0.15, 0.2) is 40.2 Å². The second-order valence-electron chi connectivity index (χ2n) is 5.76. The van der Waals surface area contributed by atoms with E-state index in [4.69, 9.17) is 4.52 Å². The molecule has 0 spiro atoms. The first kappa shape index (κ1) is 14.2. The molecule has 0 bridgehead atoms. The summed E-state index contributed by atoms with van der Waals surface area (Å²) in [5, 5.41) is 9.01. The highest BCUT2D eigenvalue weighted by Crippen LogP contribution is 2.37. The summed E-state index contributed by atoms with van der Waals surface area (Å²) >= 11 is 1.73. The standard InChI is InChI=1S/C18H16N2O2S/c1-11-2-4-12(5-3-11)10-19-18(21)16-14-6-7-15-13(8-9-23-15)17(14)22-20-16/h2-5,8-9H,6-7,10H2,1H3,(H,19,21). The summed E-state index contributed by atoms with van der Waals surface area (Å²) in [7, 11) is 0. The molecule has 4 nitrogen and oxygen atoms in total. The largest absolute Gasteiger partial charge is 0.355 e. The van der Waals surface area contributed by atoms with Crippen LogP contribution in [-0.4, -0.2) is 11.1 Å². The summed E-state index contributed by atoms with van der Waals surface area (Å²) in [4.78, 5) is 13.7. The Morgan fingerprint density at radius 3 is 2.91 bits per heavy atom. The molecule has 4 rings (SSSR count). The van der Waals surface area contributed by atoms with Crippen molar-refractivity contribution in [1.82, 2.24) is 10.5 Å². The summed E-state index contributed by atoms with van der Waals surface area (Å²) in [5.74, 6) is 0.585. The van der Waals surface area contributed by atoms with Crippen molar-refractivity contribution in [2.45, 2.75) is 26.3 Å². The molecule has 3 aromatic rings. The van der Waals surface area contributed by atoms with Gasteiger partial charge in [-0.05, 0) is 36.8 Å². The normalized spacial score (nSPS) is 12.6. The van der Waals surface area contributed by atoms with E-state index in [0.29, 0.717) is 12.2 Å². The van der Waals surface area contributed by atoms with Gasteiger partial charge in [0, 0.05) is 22.5 Å². The van der Waals surface area contributed by atoms with Crippen molar-refractivity contribution in [3.8, 4) is 11.3 Å². The Balaban J connectivity index is 1.53. The van der Waals surface area contributed by atoms with Crippen LogP contribution >= 0.6 is 11.3 Å². The zero-order valence-corrected chi connectivity index (χ0v) is 13.6. The number of hydrogen-bond acceptors (Lipinski definition) is 4. The number of carbonyl (C=O) groups is 1. The van der Waals surface area contributed by atoms with Gasteiger partial charge in [0.15, 0.2) is 11.5 Å². The van der Waals surface area contributed by atoms with E-state index in [1.807, 2.05) is 37.3 Å². The monoisotopic (exact) mass is 324 g/mol. The summed E-state index contributed by atoms with van der Waals surface area (Å²) in [5.41, 5.74) is 4.71. The number of rotatable bonds is 3. The fourth-order valence-corrected chi connectivity index (χ4v) is 3.75. The van der Waals surface area contributed by atoms with E-state index in [0.717, 1.165) is 35.3 Å². The zero-order valence-electron chi connectivity index (χ0n) is 12.8. The van der Waals surface area contributed by atoms with Gasteiger partial charge < -0.3 is 9.84 Å². The topological polar surface area (TPSA) is 55.1 Å². The van der Waals surface area contributed by atoms with Gasteiger partial charge in [0.25, 0.3) is 5.91 Å². The molecule has 1 aliphatic carbocycles. The minimum Gasteiger partial charge on any atom is -0.355 e. The van der Waals surface area contributed by atoms with Crippen LogP contribution in [-0.2, 0) is 19.4 Å². The number of nitrogens with one attached hydrogen (secondary N) is 1. The Labute approximate surface area is 138 Å². The number of aryl methyl sites for hydroxylation is 2. The van der Waals surface area contributed by atoms with Gasteiger partial charge in [-0.3, -0.25) is 4.79 Å². The number of hydrogen-bond donors (Lipinski definition) is 1. The first-order valence-corrected chi connectivity index (χ1v) is 8.49. The van der Waals surface area contributed by atoms with Crippen molar-refractivity contribution in [1.29, 1.82) is 0 Å². The quantitative estimate of drug-likeness (QED) is 0.798. The molecule has 0 saturated heterocycles. The number of carbonyl (C=O) groups excluding carboxylic acids is 1. The van der Waals surface area contributed by atoms with E-state index in [-0.39, 0.29) is 5.91 Å². The number of fused-ring (bicyclic) bond motifs is 3. The Bertz CT molecular complexity index is 862. The third-order valence-corrected chi connectivity index (χ3v) is 5.15. The lowest BCUT2D eigenvalue weighted by molar-refractivity contribution is 0.0941. The molecule has 1 aromatic carbocycles. The maximum Gasteiger partial charge on any atom is 0.274 e. The molecule has 116 valence electrons. The highest BCUT2D eigenvalue weighted by molar-refractivity contribution is 7.10. The van der Waals surface area contributed by atoms with Gasteiger partial charge in [0.1, 0.15) is 0 Å². The molecule has 5 heteroatoms. The minimum absolute atomic E-state index is 0.172. The lowest BCUT2D eigenvalue weighted by Gasteiger charge is -2.10. The first-order chi connectivity index (χ1) is 11.2. The summed E-state index contributed by atoms with van der Waals surface area (Å²) in [6, 6.07) is 10.2. The minimum atomic E-state index is -0.172. The summed E-state index contributed by atoms with van der Waals surface area (Å²) in [6.45, 7) is 2.53. The van der Waals surface area contributed by atoms with Crippen molar-refractivity contribution in [2.24, 2.45) is 0 Å². The van der Waals surface area contributed by atoms with Crippen LogP contribution in [0.4, 0.5) is 0 Å². The Hall–Kier alpha value is -2.40. The van der Waals surface area contributed by atoms with Crippen molar-refractivity contribution in [3.63, 3.8) is 0 Å². The van der Waals surface area contributed by atoms with Gasteiger partial charge in [0.05, 0.1) is 0 Å². The van der Waals surface area contributed by atoms with Gasteiger partial charge in [-0.15, -0.1) is 11.3 Å². The lowest BCUT2D eigenvalue weighted by atomic mass is 9.95. The maximum absolute atomic E-state index is 12.4. The van der Waals surface area contributed by atoms with Gasteiger partial charge in [-0.2, -0.15) is 0 Å². The highest BCUT2D eigenvalue weighted by Gasteiger charge is 2.28. The molecule has 2 heterocycles. The van der Waals surface area contributed by atoms with E-state index >= 15 is 0 Å². The van der Waals surface area contributed by atoms with Crippen molar-refractivity contribution < 1.29 is 9.32 Å². The second-order valence-corrected chi connectivity index (χ2v) is 6.77. The molecule has 23 heavy (non-hydrogen) atoms. The molecule has 1 amide bonds. The lowest BCUT2D eigenvalue weighted by Crippen LogP contribution is -2.24. The van der Waals surface area contributed by atoms with E-state index in [1.54, 1.807) is 11.3 Å². The van der Waals surface area contributed by atoms with Gasteiger partial charge in [0.2, 0.25) is 0 Å². The summed E-state index contributed by atoms with van der Waals surface area (Å²) < 4.78 is 5.46. The van der Waals surface area contributed by atoms with Crippen LogP contribution in [0.3, 0.4) is 0 Å². The van der Waals surface area contributed by atoms with Crippen LogP contribution in [0.5, 0.6) is 0 Å². The number of benzene rings is 1. The fourth-order valence-electron chi connectivity index (χ4n) is 2.88. The van der Waals surface area contributed by atoms with Crippen LogP contribution < -0.4 is 5.32 Å². The molecular formula is C18H16N2O2S. The Morgan fingerprint density at radius 2 is 2.09 bits per heavy atom. The molecular weight excluding hydrogens is 308 g/mol. The van der Waals surface area contributed by atoms with Crippen LogP contribution in [0, 0.1) is 6.92 Å². The van der Waals surface area contributed by atoms with E-state index in [1.165, 1.54) is 10.4 Å². The third kappa shape index (κ3) is 2.57. The van der Waals surface area contributed by atoms with Gasteiger partial charge in [-0.1, -0.05) is 35.0 Å². The molecule has 0 aliphatic heterocycles. The van der Waals surface area contributed by atoms with E-state index in [2.05, 4.69) is 15.9 Å². The number of aromatic nitrogens is 1. The Morgan fingerprint density at radius 1 is 1.26 bits per heavy atom. The third-order valence-electron chi connectivity index (χ3n) is 4.17. The fraction of sp³-hybridized carbons (Fsp3) is 0.222. The predicted molar refractivity (Wildman–Crippen MR) is 89.6 cm³/mol. The van der Waals surface area contributed by atoms with E-state index < -0.39 is 0 Å². The second kappa shape index (κ2) is 5.66. The van der Waals surface area contributed by atoms with Crippen molar-refractivity contribution in [3.05, 3.63) is 63.0 Å². The summed E-state index contributed by atoms with van der Waals surface area (Å²) in [6.07, 6.45) is 1.75. The predicted octanol–water partition coefficient (Wildman–Crippen LogP) is 3.74. The molecule has 0 radical (unpaired) electrons. The number of amides is 1. The van der Waals surface area contributed by atoms with Crippen LogP contribution in [0.25, 0.3) is 11.3 Å². The molecule has 0 saturated carbocycles. The van der Waals surface area contributed by atoms with Gasteiger partial charge in [-0.25, -0.2) is 0 Å². The first-order valence-electron chi connectivity index (χ1n) is 7.61. The highest BCUT2D eigenvalue weighted by atomic mass is 32.1. The number of thiophene rings is 1. The average Bonchev–Trinajstić information content (AvgIpc) is 3.19. The number of nitrogens with zero attached hydrogens (tertiary/aromatic N) is 1. The van der Waals surface area contributed by atoms with Crippen molar-refractivity contribution >= 4 is 17.2 Å². The Kier molecular flexibility index (Phi) is 3.50. The molecule has 0 atom stereocenters. The molecule has 0 unspecified atom stereocenters. The van der Waals surface area contributed by atoms with Crippen molar-refractivity contribution in [2.75, 3.05) is 0 Å². The van der Waals surface area contributed by atoms with E-state index in [9.17, 15) is 4.79 Å². The van der Waals surface area contributed by atoms with Gasteiger partial charge >= 0.3 is 0 Å². The zero-order chi connectivity index (χ0) is 15.8. The maximum atomic E-state index is 12.4. The molecule has 0 fully saturated rings. The average molecular weight is 324 g/mol. The molecule has 1 N–H and O–H groups in total. The SMILES string of the molecule is Cc1ccc(CNC(=O)c2noc3c2CCc2sccc2-3)cc1. The van der Waals surface area contributed by atoms with Crippen LogP contribution in [0.1, 0.15) is 32.1 Å².